The first-order valence-electron chi connectivity index (χ1n) is 22.8. The predicted octanol–water partition coefficient (Wildman–Crippen LogP) is 7.56. The topological polar surface area (TPSA) is 229 Å². The Morgan fingerprint density at radius 2 is 1.60 bits per heavy atom. The van der Waals surface area contributed by atoms with Crippen molar-refractivity contribution >= 4 is 43.4 Å². The van der Waals surface area contributed by atoms with E-state index in [1.165, 1.54) is 10.8 Å². The minimum Gasteiger partial charge on any atom is -0.459 e. The van der Waals surface area contributed by atoms with E-state index in [1.807, 2.05) is 6.92 Å². The van der Waals surface area contributed by atoms with Crippen LogP contribution in [0.1, 0.15) is 148 Å². The van der Waals surface area contributed by atoms with Crippen molar-refractivity contribution in [1.82, 2.24) is 19.7 Å². The van der Waals surface area contributed by atoms with E-state index in [-0.39, 0.29) is 30.4 Å². The number of benzene rings is 1. The number of carbonyl (C=O) groups is 5. The number of ether oxygens (including phenoxy) is 4. The highest BCUT2D eigenvalue weighted by molar-refractivity contribution is 7.48. The SMILES string of the molecule is CC1=NO[C@@]2(CC[C@H](C)N3C[C@H]2n2cc(C(=O)NCc4ccc(F)cc4F)c(=O)c(OCOC(=O)CC(C)(C)CN(CC(=O)OC(C)(C)C)C(=O)OCOP(=O)(OC(C)(C)C)OC(C)(C)C)c2C3=O)C1. The van der Waals surface area contributed by atoms with E-state index in [1.54, 1.807) is 88.0 Å². The van der Waals surface area contributed by atoms with Gasteiger partial charge < -0.3 is 38.6 Å². The van der Waals surface area contributed by atoms with Gasteiger partial charge in [0.25, 0.3) is 11.8 Å². The molecule has 1 spiro atoms. The first kappa shape index (κ1) is 55.5. The fraction of sp³-hybridized carbons (Fsp3) is 0.638. The van der Waals surface area contributed by atoms with Crippen LogP contribution >= 0.6 is 7.82 Å². The molecule has 3 aliphatic heterocycles. The number of nitrogens with one attached hydrogen (secondary N) is 1. The van der Waals surface area contributed by atoms with Crippen molar-refractivity contribution in [3.8, 4) is 5.75 Å². The number of amides is 3. The number of phosphoric ester groups is 1. The maximum absolute atomic E-state index is 14.6. The van der Waals surface area contributed by atoms with Crippen molar-refractivity contribution in [2.24, 2.45) is 10.6 Å². The van der Waals surface area contributed by atoms with Crippen molar-refractivity contribution in [3.05, 3.63) is 63.1 Å². The maximum atomic E-state index is 14.6. The molecule has 388 valence electrons. The van der Waals surface area contributed by atoms with Gasteiger partial charge in [0.15, 0.2) is 11.3 Å². The molecule has 3 amide bonds. The second-order valence-electron chi connectivity index (χ2n) is 21.5. The summed E-state index contributed by atoms with van der Waals surface area (Å²) in [5.74, 6) is -5.62. The number of esters is 2. The zero-order valence-corrected chi connectivity index (χ0v) is 43.0. The average Bonchev–Trinajstić information content (AvgIpc) is 3.52. The number of hydrogen-bond acceptors (Lipinski definition) is 16. The quantitative estimate of drug-likeness (QED) is 0.0698. The highest BCUT2D eigenvalue weighted by atomic mass is 31.2. The molecule has 1 saturated heterocycles. The molecule has 0 aliphatic carbocycles. The molecule has 1 aromatic carbocycles. The van der Waals surface area contributed by atoms with Gasteiger partial charge in [-0.05, 0) is 100 Å². The van der Waals surface area contributed by atoms with Crippen LogP contribution in [0.15, 0.2) is 34.3 Å². The van der Waals surface area contributed by atoms with Gasteiger partial charge in [-0.3, -0.25) is 37.9 Å². The van der Waals surface area contributed by atoms with Gasteiger partial charge in [-0.2, -0.15) is 0 Å². The number of oxime groups is 1. The Morgan fingerprint density at radius 1 is 0.943 bits per heavy atom. The van der Waals surface area contributed by atoms with Crippen LogP contribution in [0.3, 0.4) is 0 Å². The van der Waals surface area contributed by atoms with Crippen LogP contribution in [-0.4, -0.2) is 112 Å². The smallest absolute Gasteiger partial charge is 0.459 e. The summed E-state index contributed by atoms with van der Waals surface area (Å²) in [6.45, 7) is 18.4. The molecule has 0 saturated carbocycles. The van der Waals surface area contributed by atoms with Gasteiger partial charge in [0.1, 0.15) is 29.3 Å². The minimum atomic E-state index is -4.31. The van der Waals surface area contributed by atoms with E-state index >= 15 is 0 Å². The van der Waals surface area contributed by atoms with Crippen molar-refractivity contribution in [2.45, 2.75) is 157 Å². The zero-order valence-electron chi connectivity index (χ0n) is 42.2. The number of carbonyl (C=O) groups excluding carboxylic acids is 5. The molecule has 0 radical (unpaired) electrons. The number of pyridine rings is 1. The fourth-order valence-electron chi connectivity index (χ4n) is 8.20. The Balaban J connectivity index is 1.37. The Morgan fingerprint density at radius 3 is 2.19 bits per heavy atom. The summed E-state index contributed by atoms with van der Waals surface area (Å²) in [5, 5.41) is 6.70. The first-order chi connectivity index (χ1) is 32.2. The molecule has 0 unspecified atom stereocenters. The summed E-state index contributed by atoms with van der Waals surface area (Å²) >= 11 is 0. The number of nitrogens with zero attached hydrogens (tertiary/aromatic N) is 4. The molecular formula is C47H66F2N5O15P. The highest BCUT2D eigenvalue weighted by Gasteiger charge is 2.54. The second kappa shape index (κ2) is 21.1. The molecule has 5 rings (SSSR count). The van der Waals surface area contributed by atoms with Gasteiger partial charge in [0.2, 0.25) is 24.8 Å². The van der Waals surface area contributed by atoms with Crippen LogP contribution in [0.5, 0.6) is 5.75 Å². The predicted molar refractivity (Wildman–Crippen MR) is 248 cm³/mol. The molecular weight excluding hydrogens is 944 g/mol. The molecule has 20 nitrogen and oxygen atoms in total. The third-order valence-electron chi connectivity index (χ3n) is 11.0. The summed E-state index contributed by atoms with van der Waals surface area (Å²) in [4.78, 5) is 91.2. The number of halogens is 2. The number of fused-ring (bicyclic) bond motifs is 5. The third-order valence-corrected chi connectivity index (χ3v) is 12.9. The lowest BCUT2D eigenvalue weighted by Crippen LogP contribution is -2.52. The summed E-state index contributed by atoms with van der Waals surface area (Å²) in [6, 6.07) is 1.82. The van der Waals surface area contributed by atoms with E-state index < -0.39 is 133 Å². The Labute approximate surface area is 406 Å². The largest absolute Gasteiger partial charge is 0.478 e. The Kier molecular flexibility index (Phi) is 16.7. The van der Waals surface area contributed by atoms with Crippen LogP contribution in [0, 0.1) is 17.0 Å². The lowest BCUT2D eigenvalue weighted by atomic mass is 9.84. The van der Waals surface area contributed by atoms with Crippen LogP contribution in [0.2, 0.25) is 0 Å². The van der Waals surface area contributed by atoms with Crippen molar-refractivity contribution in [1.29, 1.82) is 0 Å². The Bertz CT molecular complexity index is 2460. The second-order valence-corrected chi connectivity index (χ2v) is 23.0. The van der Waals surface area contributed by atoms with Gasteiger partial charge in [-0.15, -0.1) is 0 Å². The molecule has 1 N–H and O–H groups in total. The van der Waals surface area contributed by atoms with Crippen LogP contribution in [-0.2, 0) is 53.3 Å². The van der Waals surface area contributed by atoms with Crippen molar-refractivity contribution in [3.63, 3.8) is 0 Å². The summed E-state index contributed by atoms with van der Waals surface area (Å²) < 4.78 is 81.7. The number of phosphoric acid groups is 1. The van der Waals surface area contributed by atoms with Crippen LogP contribution in [0.4, 0.5) is 13.6 Å². The molecule has 70 heavy (non-hydrogen) atoms. The standard InChI is InChI=1S/C47H66F2N5O15P/c1-28-19-47(67-51-28)17-16-29(2)53-23-34(47)54-22-32(40(58)50-21-30-14-15-31(48)18-33(30)49)38(57)39(37(54)41(53)59)63-26-62-35(55)20-46(12,13)25-52(24-36(56)66-43(3,4)5)42(60)64-27-65-70(61,68-44(6,7)8)69-45(9,10)11/h14-15,18,22,29,34H,16-17,19-21,23-27H2,1-13H3,(H,50,58)/t29-,34+,47-/m0/s1. The highest BCUT2D eigenvalue weighted by Crippen LogP contribution is 2.55. The molecule has 23 heteroatoms. The molecule has 3 aliphatic rings. The maximum Gasteiger partial charge on any atom is 0.478 e. The first-order valence-corrected chi connectivity index (χ1v) is 24.3. The third kappa shape index (κ3) is 14.6. The summed E-state index contributed by atoms with van der Waals surface area (Å²) in [6.07, 6.45) is 1.07. The van der Waals surface area contributed by atoms with Crippen LogP contribution < -0.4 is 15.5 Å². The number of hydrogen-bond donors (Lipinski definition) is 1. The molecule has 4 heterocycles. The Hall–Kier alpha value is -5.44. The lowest BCUT2D eigenvalue weighted by Gasteiger charge is -2.42. The fourth-order valence-corrected chi connectivity index (χ4v) is 9.87. The molecule has 1 aromatic heterocycles. The molecule has 3 atom stereocenters. The van der Waals surface area contributed by atoms with E-state index in [0.29, 0.717) is 31.0 Å². The van der Waals surface area contributed by atoms with Gasteiger partial charge >= 0.3 is 25.9 Å². The minimum absolute atomic E-state index is 0.0626. The van der Waals surface area contributed by atoms with Gasteiger partial charge in [-0.1, -0.05) is 25.1 Å². The van der Waals surface area contributed by atoms with Gasteiger partial charge in [0, 0.05) is 49.9 Å². The molecule has 2 aromatic rings. The zero-order chi connectivity index (χ0) is 52.4. The van der Waals surface area contributed by atoms with E-state index in [4.69, 9.17) is 37.4 Å². The van der Waals surface area contributed by atoms with Crippen molar-refractivity contribution in [2.75, 3.05) is 33.2 Å². The van der Waals surface area contributed by atoms with Crippen molar-refractivity contribution < 1.29 is 74.7 Å². The van der Waals surface area contributed by atoms with E-state index in [9.17, 15) is 42.1 Å². The van der Waals surface area contributed by atoms with Crippen LogP contribution in [0.25, 0.3) is 0 Å². The lowest BCUT2D eigenvalue weighted by molar-refractivity contribution is -0.156. The molecule has 1 fully saturated rings. The summed E-state index contributed by atoms with van der Waals surface area (Å²) in [5.41, 5.74) is -6.17. The average molecular weight is 1010 g/mol. The van der Waals surface area contributed by atoms with Gasteiger partial charge in [0.05, 0.1) is 29.4 Å². The molecule has 2 bridgehead atoms. The normalized spacial score (nSPS) is 19.4. The summed E-state index contributed by atoms with van der Waals surface area (Å²) in [7, 11) is -4.31. The van der Waals surface area contributed by atoms with E-state index in [2.05, 4.69) is 10.5 Å². The van der Waals surface area contributed by atoms with Gasteiger partial charge in [-0.25, -0.2) is 22.7 Å². The number of rotatable bonds is 17. The monoisotopic (exact) mass is 1010 g/mol. The number of aromatic nitrogens is 1. The van der Waals surface area contributed by atoms with E-state index in [0.717, 1.165) is 17.0 Å².